The zero-order valence-electron chi connectivity index (χ0n) is 12.9. The highest BCUT2D eigenvalue weighted by atomic mass is 16.6. The fourth-order valence-corrected chi connectivity index (χ4v) is 3.24. The van der Waals surface area contributed by atoms with Gasteiger partial charge in [-0.15, -0.1) is 0 Å². The van der Waals surface area contributed by atoms with Crippen LogP contribution < -0.4 is 0 Å². The van der Waals surface area contributed by atoms with Crippen molar-refractivity contribution in [1.82, 2.24) is 9.80 Å². The van der Waals surface area contributed by atoms with Crippen LogP contribution in [0.4, 0.5) is 4.79 Å². The molecular formula is C14H24N2O4. The van der Waals surface area contributed by atoms with Gasteiger partial charge in [0.1, 0.15) is 11.1 Å². The van der Waals surface area contributed by atoms with E-state index in [2.05, 4.69) is 0 Å². The van der Waals surface area contributed by atoms with Crippen molar-refractivity contribution in [1.29, 1.82) is 0 Å². The van der Waals surface area contributed by atoms with Gasteiger partial charge in [-0.3, -0.25) is 4.90 Å². The Morgan fingerprint density at radius 3 is 2.50 bits per heavy atom. The molecule has 1 amide bonds. The molecule has 2 heterocycles. The van der Waals surface area contributed by atoms with E-state index in [-0.39, 0.29) is 18.0 Å². The molecule has 0 aromatic heterocycles. The molecule has 6 heteroatoms. The summed E-state index contributed by atoms with van der Waals surface area (Å²) in [7, 11) is 3.31. The van der Waals surface area contributed by atoms with E-state index in [9.17, 15) is 9.59 Å². The van der Waals surface area contributed by atoms with Crippen molar-refractivity contribution in [2.45, 2.75) is 38.3 Å². The maximum absolute atomic E-state index is 12.2. The number of esters is 1. The summed E-state index contributed by atoms with van der Waals surface area (Å²) in [4.78, 5) is 28.1. The Hall–Kier alpha value is -1.30. The zero-order chi connectivity index (χ0) is 15.1. The molecule has 2 rings (SSSR count). The van der Waals surface area contributed by atoms with Gasteiger partial charge in [-0.1, -0.05) is 0 Å². The van der Waals surface area contributed by atoms with E-state index in [4.69, 9.17) is 9.47 Å². The van der Waals surface area contributed by atoms with Crippen molar-refractivity contribution in [2.75, 3.05) is 33.8 Å². The molecule has 2 atom stereocenters. The van der Waals surface area contributed by atoms with Crippen molar-refractivity contribution in [2.24, 2.45) is 5.92 Å². The van der Waals surface area contributed by atoms with E-state index in [0.717, 1.165) is 13.0 Å². The summed E-state index contributed by atoms with van der Waals surface area (Å²) in [5.74, 6) is -0.138. The first-order valence-corrected chi connectivity index (χ1v) is 6.98. The summed E-state index contributed by atoms with van der Waals surface area (Å²) in [5, 5.41) is 0. The first-order chi connectivity index (χ1) is 9.20. The van der Waals surface area contributed by atoms with Gasteiger partial charge < -0.3 is 14.4 Å². The topological polar surface area (TPSA) is 59.1 Å². The lowest BCUT2D eigenvalue weighted by Crippen LogP contribution is -2.55. The Labute approximate surface area is 120 Å². The average molecular weight is 284 g/mol. The van der Waals surface area contributed by atoms with Crippen molar-refractivity contribution in [3.63, 3.8) is 0 Å². The van der Waals surface area contributed by atoms with Crippen LogP contribution in [0.3, 0.4) is 0 Å². The van der Waals surface area contributed by atoms with Crippen LogP contribution in [0.15, 0.2) is 0 Å². The third-order valence-electron chi connectivity index (χ3n) is 4.23. The lowest BCUT2D eigenvalue weighted by Gasteiger charge is -2.33. The summed E-state index contributed by atoms with van der Waals surface area (Å²) >= 11 is 0. The molecule has 2 fully saturated rings. The van der Waals surface area contributed by atoms with Crippen molar-refractivity contribution >= 4 is 12.1 Å². The maximum Gasteiger partial charge on any atom is 0.410 e. The van der Waals surface area contributed by atoms with Crippen LogP contribution in [0.25, 0.3) is 0 Å². The molecule has 0 radical (unpaired) electrons. The summed E-state index contributed by atoms with van der Waals surface area (Å²) in [6, 6.07) is 0. The Morgan fingerprint density at radius 1 is 1.30 bits per heavy atom. The van der Waals surface area contributed by atoms with Gasteiger partial charge in [0.25, 0.3) is 0 Å². The van der Waals surface area contributed by atoms with Crippen LogP contribution in [-0.2, 0) is 14.3 Å². The minimum Gasteiger partial charge on any atom is -0.468 e. The molecule has 0 spiro atoms. The predicted octanol–water partition coefficient (Wildman–Crippen LogP) is 1.10. The van der Waals surface area contributed by atoms with Crippen LogP contribution in [0.1, 0.15) is 27.2 Å². The van der Waals surface area contributed by atoms with E-state index < -0.39 is 11.1 Å². The molecule has 2 saturated heterocycles. The Balaban J connectivity index is 2.17. The van der Waals surface area contributed by atoms with Gasteiger partial charge in [0.15, 0.2) is 0 Å². The number of rotatable bonds is 1. The van der Waals surface area contributed by atoms with E-state index in [0.29, 0.717) is 13.1 Å². The third-order valence-corrected chi connectivity index (χ3v) is 4.23. The van der Waals surface area contributed by atoms with Crippen molar-refractivity contribution < 1.29 is 19.1 Å². The summed E-state index contributed by atoms with van der Waals surface area (Å²) < 4.78 is 10.4. The molecular weight excluding hydrogens is 260 g/mol. The summed E-state index contributed by atoms with van der Waals surface area (Å²) in [5.41, 5.74) is -1.23. The minimum absolute atomic E-state index is 0.118. The lowest BCUT2D eigenvalue weighted by molar-refractivity contribution is -0.153. The fraction of sp³-hybridized carbons (Fsp3) is 0.857. The maximum atomic E-state index is 12.2. The number of carbonyl (C=O) groups is 2. The van der Waals surface area contributed by atoms with E-state index >= 15 is 0 Å². The fourth-order valence-electron chi connectivity index (χ4n) is 3.24. The molecule has 0 N–H and O–H groups in total. The molecule has 2 aliphatic rings. The zero-order valence-corrected chi connectivity index (χ0v) is 12.9. The number of hydrogen-bond donors (Lipinski definition) is 0. The quantitative estimate of drug-likeness (QED) is 0.675. The van der Waals surface area contributed by atoms with Gasteiger partial charge >= 0.3 is 12.1 Å². The molecule has 0 aromatic rings. The molecule has 0 saturated carbocycles. The highest BCUT2D eigenvalue weighted by Gasteiger charge is 2.60. The van der Waals surface area contributed by atoms with Crippen LogP contribution in [0.2, 0.25) is 0 Å². The minimum atomic E-state index is -0.703. The second-order valence-electron chi connectivity index (χ2n) is 6.68. The van der Waals surface area contributed by atoms with E-state index in [1.807, 2.05) is 32.7 Å². The van der Waals surface area contributed by atoms with Crippen LogP contribution in [0.5, 0.6) is 0 Å². The molecule has 0 unspecified atom stereocenters. The smallest absolute Gasteiger partial charge is 0.410 e. The van der Waals surface area contributed by atoms with Gasteiger partial charge in [-0.25, -0.2) is 9.59 Å². The molecule has 0 aliphatic carbocycles. The first kappa shape index (κ1) is 15.1. The molecule has 0 bridgehead atoms. The van der Waals surface area contributed by atoms with Crippen LogP contribution in [-0.4, -0.2) is 66.8 Å². The largest absolute Gasteiger partial charge is 0.468 e. The van der Waals surface area contributed by atoms with Crippen molar-refractivity contribution in [3.8, 4) is 0 Å². The Morgan fingerprint density at radius 2 is 1.95 bits per heavy atom. The van der Waals surface area contributed by atoms with Gasteiger partial charge in [-0.2, -0.15) is 0 Å². The van der Waals surface area contributed by atoms with Crippen molar-refractivity contribution in [3.05, 3.63) is 0 Å². The number of amides is 1. The number of nitrogens with zero attached hydrogens (tertiary/aromatic N) is 2. The molecule has 2 aliphatic heterocycles. The van der Waals surface area contributed by atoms with E-state index in [1.54, 1.807) is 4.90 Å². The van der Waals surface area contributed by atoms with Gasteiger partial charge in [0.05, 0.1) is 13.7 Å². The standard InChI is InChI=1S/C14H24N2O4/c1-13(2,3)20-12(18)16-8-10-6-7-15(4)14(10,9-16)11(17)19-5/h10H,6-9H2,1-5H3/t10-,14+/m1/s1. The first-order valence-electron chi connectivity index (χ1n) is 6.98. The van der Waals surface area contributed by atoms with E-state index in [1.165, 1.54) is 7.11 Å². The number of likely N-dealkylation sites (tertiary alicyclic amines) is 2. The van der Waals surface area contributed by atoms with Crippen LogP contribution >= 0.6 is 0 Å². The number of ether oxygens (including phenoxy) is 2. The SMILES string of the molecule is COC(=O)[C@]12CN(C(=O)OC(C)(C)C)C[C@H]1CCN2C. The Kier molecular flexibility index (Phi) is 3.71. The Bertz CT molecular complexity index is 418. The highest BCUT2D eigenvalue weighted by molar-refractivity contribution is 5.84. The number of fused-ring (bicyclic) bond motifs is 1. The van der Waals surface area contributed by atoms with Gasteiger partial charge in [0, 0.05) is 12.5 Å². The summed E-state index contributed by atoms with van der Waals surface area (Å²) in [6.07, 6.45) is 0.536. The highest BCUT2D eigenvalue weighted by Crippen LogP contribution is 2.41. The number of methoxy groups -OCH3 is 1. The third kappa shape index (κ3) is 2.37. The number of hydrogen-bond acceptors (Lipinski definition) is 5. The second kappa shape index (κ2) is 4.91. The molecule has 20 heavy (non-hydrogen) atoms. The monoisotopic (exact) mass is 284 g/mol. The number of carbonyl (C=O) groups excluding carboxylic acids is 2. The number of likely N-dealkylation sites (N-methyl/N-ethyl adjacent to an activating group) is 1. The van der Waals surface area contributed by atoms with Gasteiger partial charge in [-0.05, 0) is 40.8 Å². The normalized spacial score (nSPS) is 30.2. The summed E-state index contributed by atoms with van der Waals surface area (Å²) in [6.45, 7) is 7.25. The molecule has 6 nitrogen and oxygen atoms in total. The second-order valence-corrected chi connectivity index (χ2v) is 6.68. The molecule has 0 aromatic carbocycles. The average Bonchev–Trinajstić information content (AvgIpc) is 2.85. The lowest BCUT2D eigenvalue weighted by atomic mass is 9.88. The predicted molar refractivity (Wildman–Crippen MR) is 73.3 cm³/mol. The van der Waals surface area contributed by atoms with Crippen LogP contribution in [0, 0.1) is 5.92 Å². The molecule has 114 valence electrons. The van der Waals surface area contributed by atoms with Gasteiger partial charge in [0.2, 0.25) is 0 Å².